The molecule has 24 heavy (non-hydrogen) atoms. The monoisotopic (exact) mass is 374 g/mol. The Morgan fingerprint density at radius 3 is 2.33 bits per heavy atom. The van der Waals surface area contributed by atoms with Crippen molar-refractivity contribution in [2.45, 2.75) is 51.4 Å². The quantitative estimate of drug-likeness (QED) is 0.604. The van der Waals surface area contributed by atoms with Crippen LogP contribution in [0.2, 0.25) is 0 Å². The predicted molar refractivity (Wildman–Crippen MR) is 103 cm³/mol. The van der Waals surface area contributed by atoms with Gasteiger partial charge in [-0.3, -0.25) is 0 Å². The van der Waals surface area contributed by atoms with Gasteiger partial charge in [0.1, 0.15) is 17.6 Å². The zero-order valence-electron chi connectivity index (χ0n) is 13.7. The predicted octanol–water partition coefficient (Wildman–Crippen LogP) is 5.50. The van der Waals surface area contributed by atoms with Gasteiger partial charge < -0.3 is 9.47 Å². The number of ether oxygens (including phenoxy) is 2. The average Bonchev–Trinajstić information content (AvgIpc) is 2.81. The van der Waals surface area contributed by atoms with Crippen LogP contribution in [-0.4, -0.2) is 20.9 Å². The zero-order valence-corrected chi connectivity index (χ0v) is 16.2. The van der Waals surface area contributed by atoms with Gasteiger partial charge in [-0.05, 0) is 56.2 Å². The fraction of sp³-hybridized carbons (Fsp3) is 0.368. The van der Waals surface area contributed by atoms with E-state index in [0.717, 1.165) is 11.5 Å². The molecule has 3 aliphatic heterocycles. The molecule has 124 valence electrons. The SMILES string of the molecule is Cc1ccc2c(c1)S[C@H]1S[C@@]3(C)Oc4ccc(C)cc4S[C@H]3[C@H]1O2. The van der Waals surface area contributed by atoms with Crippen molar-refractivity contribution in [2.24, 2.45) is 0 Å². The van der Waals surface area contributed by atoms with Crippen LogP contribution in [0.25, 0.3) is 0 Å². The van der Waals surface area contributed by atoms with E-state index in [4.69, 9.17) is 9.47 Å². The van der Waals surface area contributed by atoms with E-state index in [1.165, 1.54) is 20.9 Å². The molecular weight excluding hydrogens is 356 g/mol. The molecule has 0 radical (unpaired) electrons. The highest BCUT2D eigenvalue weighted by Gasteiger charge is 2.59. The van der Waals surface area contributed by atoms with E-state index in [2.05, 4.69) is 57.2 Å². The average molecular weight is 375 g/mol. The highest BCUT2D eigenvalue weighted by molar-refractivity contribution is 8.18. The smallest absolute Gasteiger partial charge is 0.168 e. The molecule has 0 N–H and O–H groups in total. The Bertz CT molecular complexity index is 837. The molecule has 5 heteroatoms. The summed E-state index contributed by atoms with van der Waals surface area (Å²) in [6, 6.07) is 12.9. The summed E-state index contributed by atoms with van der Waals surface area (Å²) in [5, 5.41) is 0.295. The highest BCUT2D eigenvalue weighted by Crippen LogP contribution is 2.62. The van der Waals surface area contributed by atoms with E-state index in [0.29, 0.717) is 9.83 Å². The molecule has 4 atom stereocenters. The Labute approximate surface area is 155 Å². The minimum atomic E-state index is -0.244. The third-order valence-electron chi connectivity index (χ3n) is 4.70. The molecule has 0 amide bonds. The molecule has 0 aromatic heterocycles. The van der Waals surface area contributed by atoms with Crippen molar-refractivity contribution in [3.05, 3.63) is 47.5 Å². The lowest BCUT2D eigenvalue weighted by Gasteiger charge is -2.38. The summed E-state index contributed by atoms with van der Waals surface area (Å²) in [5.41, 5.74) is 2.55. The number of fused-ring (bicyclic) bond motifs is 5. The molecule has 0 bridgehead atoms. The normalized spacial score (nSPS) is 32.7. The molecule has 0 saturated carbocycles. The lowest BCUT2D eigenvalue weighted by molar-refractivity contribution is 0.121. The molecule has 0 unspecified atom stereocenters. The number of aryl methyl sites for hydroxylation is 2. The Balaban J connectivity index is 1.52. The van der Waals surface area contributed by atoms with Crippen LogP contribution in [0.1, 0.15) is 18.1 Å². The Morgan fingerprint density at radius 2 is 1.58 bits per heavy atom. The van der Waals surface area contributed by atoms with Crippen LogP contribution in [0.15, 0.2) is 46.2 Å². The Hall–Kier alpha value is -0.910. The standard InChI is InChI=1S/C19H18O2S3/c1-10-4-6-12-14(8-10)23-18-16(20-12)17-19(3,24-18)21-13-7-5-11(2)9-15(13)22-17/h4-9,16-18H,1-3H3/t16-,17+,18+,19-/m1/s1. The van der Waals surface area contributed by atoms with Crippen LogP contribution in [0, 0.1) is 13.8 Å². The van der Waals surface area contributed by atoms with Gasteiger partial charge in [0.15, 0.2) is 4.93 Å². The first-order chi connectivity index (χ1) is 11.5. The number of hydrogen-bond acceptors (Lipinski definition) is 5. The van der Waals surface area contributed by atoms with Gasteiger partial charge in [0, 0.05) is 0 Å². The molecule has 1 fully saturated rings. The van der Waals surface area contributed by atoms with E-state index >= 15 is 0 Å². The molecule has 3 aliphatic rings. The number of thioether (sulfide) groups is 3. The van der Waals surface area contributed by atoms with E-state index in [1.807, 2.05) is 35.3 Å². The van der Waals surface area contributed by atoms with Gasteiger partial charge in [-0.15, -0.1) is 23.5 Å². The second kappa shape index (κ2) is 5.29. The van der Waals surface area contributed by atoms with Gasteiger partial charge >= 0.3 is 0 Å². The van der Waals surface area contributed by atoms with Gasteiger partial charge in [-0.2, -0.15) is 0 Å². The van der Waals surface area contributed by atoms with E-state index in [1.54, 1.807) is 0 Å². The molecule has 5 rings (SSSR count). The number of rotatable bonds is 0. The Morgan fingerprint density at radius 1 is 0.917 bits per heavy atom. The fourth-order valence-electron chi connectivity index (χ4n) is 3.49. The maximum absolute atomic E-state index is 6.46. The minimum Gasteiger partial charge on any atom is -0.486 e. The third-order valence-corrected chi connectivity index (χ3v) is 9.36. The summed E-state index contributed by atoms with van der Waals surface area (Å²) >= 11 is 5.77. The van der Waals surface area contributed by atoms with Gasteiger partial charge in [-0.1, -0.05) is 23.9 Å². The summed E-state index contributed by atoms with van der Waals surface area (Å²) in [6.07, 6.45) is 0.166. The van der Waals surface area contributed by atoms with Gasteiger partial charge in [0.25, 0.3) is 0 Å². The van der Waals surface area contributed by atoms with Crippen LogP contribution in [0.5, 0.6) is 11.5 Å². The maximum Gasteiger partial charge on any atom is 0.168 e. The second-order valence-corrected chi connectivity index (χ2v) is 11.0. The number of benzene rings is 2. The van der Waals surface area contributed by atoms with Crippen molar-refractivity contribution in [1.29, 1.82) is 0 Å². The second-order valence-electron chi connectivity index (χ2n) is 6.74. The molecule has 2 nitrogen and oxygen atoms in total. The Kier molecular flexibility index (Phi) is 3.39. The van der Waals surface area contributed by atoms with Gasteiger partial charge in [0.05, 0.1) is 19.6 Å². The molecule has 2 aromatic carbocycles. The third kappa shape index (κ3) is 2.28. The zero-order chi connectivity index (χ0) is 16.5. The number of hydrogen-bond donors (Lipinski definition) is 0. The van der Waals surface area contributed by atoms with Crippen LogP contribution in [0.3, 0.4) is 0 Å². The van der Waals surface area contributed by atoms with Crippen molar-refractivity contribution < 1.29 is 9.47 Å². The largest absolute Gasteiger partial charge is 0.486 e. The molecule has 1 saturated heterocycles. The van der Waals surface area contributed by atoms with Crippen LogP contribution < -0.4 is 9.47 Å². The van der Waals surface area contributed by atoms with Crippen molar-refractivity contribution in [1.82, 2.24) is 0 Å². The minimum absolute atomic E-state index is 0.166. The molecule has 0 spiro atoms. The maximum atomic E-state index is 6.46. The van der Waals surface area contributed by atoms with Crippen molar-refractivity contribution in [3.8, 4) is 11.5 Å². The van der Waals surface area contributed by atoms with E-state index < -0.39 is 0 Å². The first kappa shape index (κ1) is 15.4. The van der Waals surface area contributed by atoms with Crippen LogP contribution in [0.4, 0.5) is 0 Å². The summed E-state index contributed by atoms with van der Waals surface area (Å²) in [6.45, 7) is 6.48. The molecular formula is C19H18O2S3. The molecule has 2 aromatic rings. The lowest BCUT2D eigenvalue weighted by atomic mass is 10.1. The summed E-state index contributed by atoms with van der Waals surface area (Å²) in [7, 11) is 0. The van der Waals surface area contributed by atoms with E-state index in [9.17, 15) is 0 Å². The first-order valence-corrected chi connectivity index (χ1v) is 10.7. The van der Waals surface area contributed by atoms with Crippen molar-refractivity contribution >= 4 is 35.3 Å². The van der Waals surface area contributed by atoms with Crippen molar-refractivity contribution in [2.75, 3.05) is 0 Å². The molecule has 3 heterocycles. The van der Waals surface area contributed by atoms with Crippen LogP contribution >= 0.6 is 35.3 Å². The van der Waals surface area contributed by atoms with Crippen molar-refractivity contribution in [3.63, 3.8) is 0 Å². The summed E-state index contributed by atoms with van der Waals surface area (Å²) < 4.78 is 13.3. The first-order valence-electron chi connectivity index (χ1n) is 8.10. The summed E-state index contributed by atoms with van der Waals surface area (Å²) in [4.78, 5) is 2.25. The van der Waals surface area contributed by atoms with Gasteiger partial charge in [0.2, 0.25) is 0 Å². The lowest BCUT2D eigenvalue weighted by Crippen LogP contribution is -2.45. The fourth-order valence-corrected chi connectivity index (χ4v) is 8.74. The van der Waals surface area contributed by atoms with Gasteiger partial charge in [-0.25, -0.2) is 0 Å². The topological polar surface area (TPSA) is 18.5 Å². The molecule has 0 aliphatic carbocycles. The highest BCUT2D eigenvalue weighted by atomic mass is 32.2. The summed E-state index contributed by atoms with van der Waals surface area (Å²) in [5.74, 6) is 2.03. The van der Waals surface area contributed by atoms with E-state index in [-0.39, 0.29) is 11.0 Å². The van der Waals surface area contributed by atoms with Crippen LogP contribution in [-0.2, 0) is 0 Å².